The van der Waals surface area contributed by atoms with Gasteiger partial charge in [0, 0.05) is 13.1 Å². The van der Waals surface area contributed by atoms with Gasteiger partial charge in [0.25, 0.3) is 5.91 Å². The van der Waals surface area contributed by atoms with Crippen molar-refractivity contribution >= 4 is 5.91 Å². The van der Waals surface area contributed by atoms with Crippen LogP contribution < -0.4 is 4.74 Å². The fourth-order valence-corrected chi connectivity index (χ4v) is 2.59. The van der Waals surface area contributed by atoms with Crippen molar-refractivity contribution < 1.29 is 14.3 Å². The maximum atomic E-state index is 12.6. The van der Waals surface area contributed by atoms with Crippen LogP contribution in [-0.2, 0) is 4.74 Å². The first-order valence-corrected chi connectivity index (χ1v) is 8.23. The minimum atomic E-state index is -0.0926. The van der Waals surface area contributed by atoms with Crippen molar-refractivity contribution in [2.45, 2.75) is 20.3 Å². The summed E-state index contributed by atoms with van der Waals surface area (Å²) in [4.78, 5) is 14.3. The zero-order valence-corrected chi connectivity index (χ0v) is 14.1. The minimum Gasteiger partial charge on any atom is -0.494 e. The van der Waals surface area contributed by atoms with Crippen LogP contribution in [0.5, 0.6) is 5.75 Å². The Morgan fingerprint density at radius 1 is 1.25 bits per heavy atom. The Bertz CT molecular complexity index is 690. The van der Waals surface area contributed by atoms with Crippen LogP contribution in [0.4, 0.5) is 0 Å². The van der Waals surface area contributed by atoms with Crippen molar-refractivity contribution in [1.82, 2.24) is 19.9 Å². The van der Waals surface area contributed by atoms with E-state index in [1.807, 2.05) is 31.2 Å². The maximum Gasteiger partial charge on any atom is 0.276 e. The quantitative estimate of drug-likeness (QED) is 0.836. The highest BCUT2D eigenvalue weighted by Gasteiger charge is 2.24. The van der Waals surface area contributed by atoms with E-state index in [1.165, 1.54) is 0 Å². The predicted octanol–water partition coefficient (Wildman–Crippen LogP) is 1.84. The molecule has 1 aliphatic heterocycles. The first-order valence-electron chi connectivity index (χ1n) is 8.23. The first kappa shape index (κ1) is 16.4. The highest BCUT2D eigenvalue weighted by Crippen LogP contribution is 2.18. The minimum absolute atomic E-state index is 0.0926. The van der Waals surface area contributed by atoms with Gasteiger partial charge in [-0.2, -0.15) is 0 Å². The first-order chi connectivity index (χ1) is 11.7. The summed E-state index contributed by atoms with van der Waals surface area (Å²) >= 11 is 0. The number of rotatable bonds is 5. The van der Waals surface area contributed by atoms with E-state index in [1.54, 1.807) is 9.58 Å². The van der Waals surface area contributed by atoms with Gasteiger partial charge in [-0.25, -0.2) is 4.68 Å². The average Bonchev–Trinajstić information content (AvgIpc) is 3.02. The molecule has 1 aliphatic rings. The number of morpholine rings is 1. The average molecular weight is 330 g/mol. The van der Waals surface area contributed by atoms with Gasteiger partial charge in [0.05, 0.1) is 31.2 Å². The topological polar surface area (TPSA) is 69.5 Å². The lowest BCUT2D eigenvalue weighted by Crippen LogP contribution is -2.41. The van der Waals surface area contributed by atoms with Crippen molar-refractivity contribution in [3.05, 3.63) is 35.7 Å². The van der Waals surface area contributed by atoms with E-state index in [9.17, 15) is 4.79 Å². The van der Waals surface area contributed by atoms with Gasteiger partial charge in [0.15, 0.2) is 5.69 Å². The van der Waals surface area contributed by atoms with Crippen LogP contribution in [0.15, 0.2) is 24.3 Å². The van der Waals surface area contributed by atoms with Crippen molar-refractivity contribution in [3.63, 3.8) is 0 Å². The number of amides is 1. The monoisotopic (exact) mass is 330 g/mol. The number of benzene rings is 1. The molecular formula is C17H22N4O3. The molecular weight excluding hydrogens is 308 g/mol. The van der Waals surface area contributed by atoms with E-state index in [0.29, 0.717) is 38.6 Å². The third-order valence-corrected chi connectivity index (χ3v) is 3.95. The van der Waals surface area contributed by atoms with E-state index in [-0.39, 0.29) is 5.91 Å². The fraction of sp³-hybridized carbons (Fsp3) is 0.471. The van der Waals surface area contributed by atoms with E-state index in [4.69, 9.17) is 9.47 Å². The van der Waals surface area contributed by atoms with Gasteiger partial charge in [-0.05, 0) is 37.6 Å². The Morgan fingerprint density at radius 2 is 1.96 bits per heavy atom. The van der Waals surface area contributed by atoms with Crippen LogP contribution in [0.25, 0.3) is 5.69 Å². The zero-order valence-electron chi connectivity index (χ0n) is 14.1. The number of ether oxygens (including phenoxy) is 2. The lowest BCUT2D eigenvalue weighted by Gasteiger charge is -2.26. The molecule has 2 heterocycles. The van der Waals surface area contributed by atoms with Gasteiger partial charge in [-0.15, -0.1) is 5.10 Å². The summed E-state index contributed by atoms with van der Waals surface area (Å²) in [6.45, 7) is 6.94. The lowest BCUT2D eigenvalue weighted by atomic mass is 10.2. The molecule has 24 heavy (non-hydrogen) atoms. The van der Waals surface area contributed by atoms with Crippen molar-refractivity contribution in [3.8, 4) is 11.4 Å². The summed E-state index contributed by atoms with van der Waals surface area (Å²) < 4.78 is 12.5. The van der Waals surface area contributed by atoms with Crippen molar-refractivity contribution in [2.24, 2.45) is 0 Å². The summed E-state index contributed by atoms with van der Waals surface area (Å²) in [7, 11) is 0. The summed E-state index contributed by atoms with van der Waals surface area (Å²) in [5.74, 6) is 0.730. The molecule has 0 spiro atoms. The van der Waals surface area contributed by atoms with E-state index in [2.05, 4.69) is 17.2 Å². The lowest BCUT2D eigenvalue weighted by molar-refractivity contribution is 0.0298. The number of hydrogen-bond donors (Lipinski definition) is 0. The summed E-state index contributed by atoms with van der Waals surface area (Å²) in [5, 5.41) is 8.23. The number of carbonyl (C=O) groups excluding carboxylic acids is 1. The molecule has 1 amide bonds. The highest BCUT2D eigenvalue weighted by atomic mass is 16.5. The standard InChI is InChI=1S/C17H22N4O3/c1-3-10-24-15-6-4-14(5-7-15)21-13(2)16(18-19-21)17(22)20-8-11-23-12-9-20/h4-7H,3,8-12H2,1-2H3. The maximum absolute atomic E-state index is 12.6. The molecule has 0 bridgehead atoms. The van der Waals surface area contributed by atoms with E-state index < -0.39 is 0 Å². The summed E-state index contributed by atoms with van der Waals surface area (Å²) in [6.07, 6.45) is 0.969. The Morgan fingerprint density at radius 3 is 2.62 bits per heavy atom. The predicted molar refractivity (Wildman–Crippen MR) is 88.6 cm³/mol. The molecule has 7 nitrogen and oxygen atoms in total. The largest absolute Gasteiger partial charge is 0.494 e. The van der Waals surface area contributed by atoms with Gasteiger partial charge in [-0.3, -0.25) is 4.79 Å². The molecule has 0 radical (unpaired) electrons. The van der Waals surface area contributed by atoms with Gasteiger partial charge in [-0.1, -0.05) is 12.1 Å². The summed E-state index contributed by atoms with van der Waals surface area (Å²) in [5.41, 5.74) is 1.97. The van der Waals surface area contributed by atoms with Crippen LogP contribution in [0.1, 0.15) is 29.5 Å². The molecule has 0 saturated carbocycles. The fourth-order valence-electron chi connectivity index (χ4n) is 2.59. The Hall–Kier alpha value is -2.41. The zero-order chi connectivity index (χ0) is 16.9. The molecule has 0 aliphatic carbocycles. The second-order valence-corrected chi connectivity index (χ2v) is 5.68. The Kier molecular flexibility index (Phi) is 5.10. The number of carbonyl (C=O) groups is 1. The highest BCUT2D eigenvalue weighted by molar-refractivity contribution is 5.93. The Labute approximate surface area is 141 Å². The SMILES string of the molecule is CCCOc1ccc(-n2nnc(C(=O)N3CCOCC3)c2C)cc1. The van der Waals surface area contributed by atoms with Crippen LogP contribution in [0.3, 0.4) is 0 Å². The molecule has 1 aromatic carbocycles. The number of hydrogen-bond acceptors (Lipinski definition) is 5. The molecule has 0 N–H and O–H groups in total. The third-order valence-electron chi connectivity index (χ3n) is 3.95. The molecule has 0 atom stereocenters. The Balaban J connectivity index is 1.77. The van der Waals surface area contributed by atoms with E-state index in [0.717, 1.165) is 23.6 Å². The normalized spacial score (nSPS) is 14.7. The van der Waals surface area contributed by atoms with Crippen LogP contribution in [0, 0.1) is 6.92 Å². The molecule has 128 valence electrons. The summed E-state index contributed by atoms with van der Waals surface area (Å²) in [6, 6.07) is 7.62. The van der Waals surface area contributed by atoms with Gasteiger partial charge in [0.1, 0.15) is 5.75 Å². The molecule has 2 aromatic rings. The van der Waals surface area contributed by atoms with Gasteiger partial charge >= 0.3 is 0 Å². The van der Waals surface area contributed by atoms with Crippen LogP contribution >= 0.6 is 0 Å². The van der Waals surface area contributed by atoms with Gasteiger partial charge in [0.2, 0.25) is 0 Å². The van der Waals surface area contributed by atoms with E-state index >= 15 is 0 Å². The third kappa shape index (κ3) is 3.41. The molecule has 3 rings (SSSR count). The smallest absolute Gasteiger partial charge is 0.276 e. The molecule has 0 unspecified atom stereocenters. The van der Waals surface area contributed by atoms with Gasteiger partial charge < -0.3 is 14.4 Å². The van der Waals surface area contributed by atoms with Crippen LogP contribution in [0.2, 0.25) is 0 Å². The second kappa shape index (κ2) is 7.44. The number of aromatic nitrogens is 3. The molecule has 7 heteroatoms. The molecule has 1 aromatic heterocycles. The van der Waals surface area contributed by atoms with Crippen molar-refractivity contribution in [1.29, 1.82) is 0 Å². The van der Waals surface area contributed by atoms with Crippen LogP contribution in [-0.4, -0.2) is 58.7 Å². The number of nitrogens with zero attached hydrogens (tertiary/aromatic N) is 4. The molecule has 1 fully saturated rings. The molecule has 1 saturated heterocycles. The van der Waals surface area contributed by atoms with Crippen molar-refractivity contribution in [2.75, 3.05) is 32.9 Å². The second-order valence-electron chi connectivity index (χ2n) is 5.68.